The van der Waals surface area contributed by atoms with Crippen LogP contribution >= 0.6 is 0 Å². The van der Waals surface area contributed by atoms with E-state index in [4.69, 9.17) is 5.53 Å². The summed E-state index contributed by atoms with van der Waals surface area (Å²) in [6.07, 6.45) is 2.03. The van der Waals surface area contributed by atoms with Crippen LogP contribution in [0.2, 0.25) is 0 Å². The average molecular weight is 305 g/mol. The molecule has 1 heterocycles. The highest BCUT2D eigenvalue weighted by Crippen LogP contribution is 2.16. The first-order valence-electron chi connectivity index (χ1n) is 7.44. The van der Waals surface area contributed by atoms with E-state index in [2.05, 4.69) is 27.4 Å². The van der Waals surface area contributed by atoms with Crippen molar-refractivity contribution < 1.29 is 4.68 Å². The third-order valence-electron chi connectivity index (χ3n) is 3.50. The van der Waals surface area contributed by atoms with Crippen LogP contribution in [0.25, 0.3) is 21.7 Å². The number of hydrogen-bond donors (Lipinski definition) is 0. The van der Waals surface area contributed by atoms with E-state index >= 15 is 0 Å². The predicted molar refractivity (Wildman–Crippen MR) is 87.4 cm³/mol. The Kier molecular flexibility index (Phi) is 4.66. The Morgan fingerprint density at radius 3 is 2.43 bits per heavy atom. The van der Waals surface area contributed by atoms with Crippen LogP contribution in [0.15, 0.2) is 72.0 Å². The lowest BCUT2D eigenvalue weighted by Crippen LogP contribution is -2.36. The fraction of sp³-hybridized carbons (Fsp3) is 0.176. The molecule has 0 bridgehead atoms. The van der Waals surface area contributed by atoms with E-state index in [1.54, 1.807) is 0 Å². The quantitative estimate of drug-likeness (QED) is 0.298. The van der Waals surface area contributed by atoms with Crippen molar-refractivity contribution in [3.8, 4) is 11.3 Å². The molecular weight excluding hydrogens is 288 g/mol. The van der Waals surface area contributed by atoms with Crippen molar-refractivity contribution in [2.45, 2.75) is 13.1 Å². The van der Waals surface area contributed by atoms with Crippen molar-refractivity contribution in [2.75, 3.05) is 6.54 Å². The molecule has 0 saturated heterocycles. The summed E-state index contributed by atoms with van der Waals surface area (Å²) in [6, 6.07) is 20.3. The van der Waals surface area contributed by atoms with Crippen LogP contribution in [0.4, 0.5) is 0 Å². The van der Waals surface area contributed by atoms with Crippen molar-refractivity contribution in [3.05, 3.63) is 82.9 Å². The first-order valence-corrected chi connectivity index (χ1v) is 7.44. The number of aromatic nitrogens is 3. The summed E-state index contributed by atoms with van der Waals surface area (Å²) in [5.41, 5.74) is 11.7. The first-order chi connectivity index (χ1) is 11.4. The maximum absolute atomic E-state index is 8.45. The van der Waals surface area contributed by atoms with Crippen LogP contribution in [0.5, 0.6) is 0 Å². The molecule has 0 saturated carbocycles. The normalized spacial score (nSPS) is 10.3. The Hall–Kier alpha value is -3.11. The monoisotopic (exact) mass is 305 g/mol. The van der Waals surface area contributed by atoms with Crippen molar-refractivity contribution in [3.63, 3.8) is 0 Å². The van der Waals surface area contributed by atoms with Gasteiger partial charge in [0.05, 0.1) is 11.8 Å². The molecule has 0 fully saturated rings. The SMILES string of the molecule is [N-]=[N+]=NCCn1n[n+](Cc2ccccc2)cc1-c1ccccc1. The maximum atomic E-state index is 8.45. The van der Waals surface area contributed by atoms with E-state index in [0.29, 0.717) is 19.6 Å². The predicted octanol–water partition coefficient (Wildman–Crippen LogP) is 3.20. The van der Waals surface area contributed by atoms with Crippen LogP contribution in [-0.4, -0.2) is 16.4 Å². The molecule has 6 heteroatoms. The van der Waals surface area contributed by atoms with Gasteiger partial charge >= 0.3 is 0 Å². The highest BCUT2D eigenvalue weighted by atomic mass is 15.5. The molecule has 0 N–H and O–H groups in total. The van der Waals surface area contributed by atoms with Crippen LogP contribution in [0.1, 0.15) is 5.56 Å². The summed E-state index contributed by atoms with van der Waals surface area (Å²) in [5.74, 6) is 0. The van der Waals surface area contributed by atoms with Crippen molar-refractivity contribution in [1.82, 2.24) is 9.90 Å². The van der Waals surface area contributed by atoms with E-state index in [9.17, 15) is 0 Å². The Labute approximate surface area is 134 Å². The van der Waals surface area contributed by atoms with Crippen LogP contribution < -0.4 is 4.68 Å². The van der Waals surface area contributed by atoms with Gasteiger partial charge in [-0.3, -0.25) is 0 Å². The molecule has 1 aromatic heterocycles. The minimum absolute atomic E-state index is 0.378. The second-order valence-corrected chi connectivity index (χ2v) is 5.13. The Bertz CT molecular complexity index is 804. The zero-order valence-electron chi connectivity index (χ0n) is 12.7. The largest absolute Gasteiger partial charge is 0.197 e. The molecule has 0 amide bonds. The standard InChI is InChI=1S/C17H17N6/c18-20-19-11-12-23-17(16-9-5-2-6-10-16)14-22(21-23)13-15-7-3-1-4-8-15/h1-10,14H,11-13H2/q+1. The number of benzene rings is 2. The summed E-state index contributed by atoms with van der Waals surface area (Å²) in [5, 5.41) is 8.21. The first kappa shape index (κ1) is 14.8. The lowest BCUT2D eigenvalue weighted by molar-refractivity contribution is -0.747. The fourth-order valence-corrected chi connectivity index (χ4v) is 2.45. The fourth-order valence-electron chi connectivity index (χ4n) is 2.45. The molecule has 3 aromatic rings. The van der Waals surface area contributed by atoms with Gasteiger partial charge in [-0.15, -0.1) is 9.36 Å². The molecule has 23 heavy (non-hydrogen) atoms. The zero-order chi connectivity index (χ0) is 15.9. The van der Waals surface area contributed by atoms with Gasteiger partial charge in [0.1, 0.15) is 13.1 Å². The molecule has 0 spiro atoms. The number of rotatable bonds is 6. The molecule has 0 aliphatic carbocycles. The van der Waals surface area contributed by atoms with E-state index in [0.717, 1.165) is 11.3 Å². The molecule has 114 valence electrons. The van der Waals surface area contributed by atoms with Crippen molar-refractivity contribution in [2.24, 2.45) is 5.11 Å². The van der Waals surface area contributed by atoms with Gasteiger partial charge in [-0.1, -0.05) is 65.8 Å². The minimum Gasteiger partial charge on any atom is -0.132 e. The van der Waals surface area contributed by atoms with Crippen LogP contribution in [-0.2, 0) is 13.1 Å². The number of nitrogens with zero attached hydrogens (tertiary/aromatic N) is 6. The molecule has 0 atom stereocenters. The van der Waals surface area contributed by atoms with E-state index in [1.807, 2.05) is 64.1 Å². The third kappa shape index (κ3) is 3.75. The molecule has 2 aromatic carbocycles. The maximum Gasteiger partial charge on any atom is 0.197 e. The van der Waals surface area contributed by atoms with Crippen molar-refractivity contribution in [1.29, 1.82) is 0 Å². The van der Waals surface area contributed by atoms with Gasteiger partial charge in [0, 0.05) is 10.5 Å². The molecule has 0 unspecified atom stereocenters. The molecule has 0 radical (unpaired) electrons. The van der Waals surface area contributed by atoms with Crippen molar-refractivity contribution >= 4 is 0 Å². The van der Waals surface area contributed by atoms with Crippen LogP contribution in [0.3, 0.4) is 0 Å². The summed E-state index contributed by atoms with van der Waals surface area (Å²) >= 11 is 0. The van der Waals surface area contributed by atoms with Gasteiger partial charge in [0.15, 0.2) is 11.9 Å². The molecule has 0 aliphatic rings. The minimum atomic E-state index is 0.378. The van der Waals surface area contributed by atoms with Gasteiger partial charge < -0.3 is 0 Å². The van der Waals surface area contributed by atoms with E-state index in [-0.39, 0.29) is 0 Å². The second kappa shape index (κ2) is 7.24. The highest BCUT2D eigenvalue weighted by molar-refractivity contribution is 5.57. The van der Waals surface area contributed by atoms with E-state index < -0.39 is 0 Å². The van der Waals surface area contributed by atoms with Gasteiger partial charge in [0.2, 0.25) is 0 Å². The lowest BCUT2D eigenvalue weighted by atomic mass is 10.2. The number of hydrogen-bond acceptors (Lipinski definition) is 2. The van der Waals surface area contributed by atoms with Gasteiger partial charge in [-0.25, -0.2) is 0 Å². The Balaban J connectivity index is 1.91. The lowest BCUT2D eigenvalue weighted by Gasteiger charge is -1.96. The zero-order valence-corrected chi connectivity index (χ0v) is 12.7. The van der Waals surface area contributed by atoms with Gasteiger partial charge in [0.25, 0.3) is 0 Å². The number of azide groups is 1. The average Bonchev–Trinajstić information content (AvgIpc) is 2.99. The van der Waals surface area contributed by atoms with Gasteiger partial charge in [-0.05, 0) is 11.1 Å². The summed E-state index contributed by atoms with van der Waals surface area (Å²) in [6.45, 7) is 1.63. The second-order valence-electron chi connectivity index (χ2n) is 5.13. The van der Waals surface area contributed by atoms with Crippen LogP contribution in [0, 0.1) is 0 Å². The summed E-state index contributed by atoms with van der Waals surface area (Å²) < 4.78 is 3.79. The Morgan fingerprint density at radius 2 is 1.74 bits per heavy atom. The molecule has 6 nitrogen and oxygen atoms in total. The molecule has 3 rings (SSSR count). The molecule has 0 aliphatic heterocycles. The topological polar surface area (TPSA) is 70.5 Å². The third-order valence-corrected chi connectivity index (χ3v) is 3.50. The Morgan fingerprint density at radius 1 is 1.04 bits per heavy atom. The highest BCUT2D eigenvalue weighted by Gasteiger charge is 2.17. The molecular formula is C17H17N6+. The summed E-state index contributed by atoms with van der Waals surface area (Å²) in [4.78, 5) is 2.80. The smallest absolute Gasteiger partial charge is 0.132 e. The van der Waals surface area contributed by atoms with Gasteiger partial charge in [-0.2, -0.15) is 0 Å². The van der Waals surface area contributed by atoms with E-state index in [1.165, 1.54) is 5.56 Å². The summed E-state index contributed by atoms with van der Waals surface area (Å²) in [7, 11) is 0.